The minimum atomic E-state index is -0.262. The van der Waals surface area contributed by atoms with Crippen LogP contribution in [0.2, 0.25) is 0 Å². The lowest BCUT2D eigenvalue weighted by Gasteiger charge is -2.24. The van der Waals surface area contributed by atoms with Crippen molar-refractivity contribution in [2.24, 2.45) is 17.8 Å². The smallest absolute Gasteiger partial charge is 0.160 e. The van der Waals surface area contributed by atoms with E-state index < -0.39 is 0 Å². The fraction of sp³-hybridized carbons (Fsp3) is 0.500. The van der Waals surface area contributed by atoms with Gasteiger partial charge in [-0.2, -0.15) is 0 Å². The van der Waals surface area contributed by atoms with Crippen LogP contribution in [0.4, 0.5) is 0 Å². The number of ether oxygens (including phenoxy) is 1. The summed E-state index contributed by atoms with van der Waals surface area (Å²) in [4.78, 5) is 26.4. The fourth-order valence-corrected chi connectivity index (χ4v) is 5.89. The van der Waals surface area contributed by atoms with E-state index in [4.69, 9.17) is 4.74 Å². The Kier molecular flexibility index (Phi) is 8.86. The number of carbonyl (C=O) groups excluding carboxylic acids is 2. The number of Topliss-reactive ketones (excluding diaryl/α,β-unsaturated/α-hetero) is 2. The highest BCUT2D eigenvalue weighted by molar-refractivity contribution is 6.00. The van der Waals surface area contributed by atoms with Crippen LogP contribution in [-0.4, -0.2) is 23.8 Å². The van der Waals surface area contributed by atoms with Gasteiger partial charge in [0.2, 0.25) is 0 Å². The second-order valence-electron chi connectivity index (χ2n) is 10.4. The molecule has 4 rings (SSSR count). The predicted octanol–water partition coefficient (Wildman–Crippen LogP) is 6.62. The van der Waals surface area contributed by atoms with Crippen LogP contribution < -0.4 is 4.74 Å². The quantitative estimate of drug-likeness (QED) is 0.381. The summed E-state index contributed by atoms with van der Waals surface area (Å²) in [6.07, 6.45) is 8.19. The van der Waals surface area contributed by atoms with E-state index in [0.29, 0.717) is 18.1 Å². The van der Waals surface area contributed by atoms with Gasteiger partial charge in [0.1, 0.15) is 11.6 Å². The maximum Gasteiger partial charge on any atom is 0.160 e. The summed E-state index contributed by atoms with van der Waals surface area (Å²) in [6.45, 7) is 2.21. The topological polar surface area (TPSA) is 63.6 Å². The number of methoxy groups -OCH3 is 1. The third-order valence-electron chi connectivity index (χ3n) is 7.92. The van der Waals surface area contributed by atoms with Gasteiger partial charge in [-0.3, -0.25) is 9.59 Å². The van der Waals surface area contributed by atoms with Gasteiger partial charge in [-0.1, -0.05) is 81.2 Å². The van der Waals surface area contributed by atoms with Gasteiger partial charge >= 0.3 is 0 Å². The molecule has 1 N–H and O–H groups in total. The minimum Gasteiger partial charge on any atom is -0.504 e. The van der Waals surface area contributed by atoms with Crippen molar-refractivity contribution < 1.29 is 19.4 Å². The molecular formula is C32H38O4. The summed E-state index contributed by atoms with van der Waals surface area (Å²) in [5, 5.41) is 10.6. The van der Waals surface area contributed by atoms with E-state index >= 15 is 0 Å². The van der Waals surface area contributed by atoms with Crippen LogP contribution in [0, 0.1) is 29.6 Å². The molecule has 0 bridgehead atoms. The number of aromatic hydroxyl groups is 1. The normalized spacial score (nSPS) is 24.7. The zero-order chi connectivity index (χ0) is 25.5. The maximum absolute atomic E-state index is 13.4. The SMILES string of the molecule is CCCC[C@@H]1CCC[C@@H]2C#C[C@@H](c3ccccc3)c3cc(O)c(OC)cc3CCC(=O)CC(=O)[C@@H]2C1. The lowest BCUT2D eigenvalue weighted by atomic mass is 9.78. The zero-order valence-electron chi connectivity index (χ0n) is 21.6. The first-order valence-electron chi connectivity index (χ1n) is 13.5. The lowest BCUT2D eigenvalue weighted by Crippen LogP contribution is -2.26. The molecule has 1 saturated carbocycles. The molecule has 2 aromatic rings. The Bertz CT molecular complexity index is 1120. The predicted molar refractivity (Wildman–Crippen MR) is 142 cm³/mol. The molecule has 36 heavy (non-hydrogen) atoms. The van der Waals surface area contributed by atoms with E-state index in [0.717, 1.165) is 55.2 Å². The highest BCUT2D eigenvalue weighted by Gasteiger charge is 2.33. The number of rotatable bonds is 5. The van der Waals surface area contributed by atoms with Crippen molar-refractivity contribution >= 4 is 11.6 Å². The molecule has 0 radical (unpaired) electrons. The Labute approximate surface area is 215 Å². The summed E-state index contributed by atoms with van der Waals surface area (Å²) < 4.78 is 5.37. The largest absolute Gasteiger partial charge is 0.504 e. The van der Waals surface area contributed by atoms with Gasteiger partial charge in [-0.15, -0.1) is 0 Å². The number of phenolic OH excluding ortho intramolecular Hbond substituents is 1. The molecule has 2 aromatic carbocycles. The standard InChI is InChI=1S/C32H38O4/c1-3-4-9-22-10-8-13-24-15-17-27(23-11-6-5-7-12-23)28-21-31(35)32(36-2)19-25(28)14-16-26(33)20-30(34)29(24)18-22/h5-7,11-12,19,21-22,24,27,29,35H,3-4,8-10,13-14,16,18,20H2,1-2H3/t22-,24-,27+,29-/m1/s1. The molecule has 0 aliphatic heterocycles. The van der Waals surface area contributed by atoms with Crippen LogP contribution in [-0.2, 0) is 16.0 Å². The molecule has 0 aromatic heterocycles. The molecule has 0 heterocycles. The highest BCUT2D eigenvalue weighted by Crippen LogP contribution is 2.39. The van der Waals surface area contributed by atoms with E-state index in [2.05, 4.69) is 30.9 Å². The van der Waals surface area contributed by atoms with Crippen LogP contribution in [0.25, 0.3) is 0 Å². The number of phenols is 1. The summed E-state index contributed by atoms with van der Waals surface area (Å²) in [5.41, 5.74) is 2.86. The van der Waals surface area contributed by atoms with Crippen molar-refractivity contribution in [2.75, 3.05) is 7.11 Å². The van der Waals surface area contributed by atoms with E-state index in [-0.39, 0.29) is 47.9 Å². The van der Waals surface area contributed by atoms with E-state index in [1.54, 1.807) is 6.07 Å². The molecule has 4 nitrogen and oxygen atoms in total. The monoisotopic (exact) mass is 486 g/mol. The molecule has 2 aliphatic rings. The molecule has 2 aliphatic carbocycles. The number of unbranched alkanes of at least 4 members (excludes halogenated alkanes) is 1. The maximum atomic E-state index is 13.4. The average molecular weight is 487 g/mol. The van der Waals surface area contributed by atoms with Crippen molar-refractivity contribution in [3.05, 3.63) is 59.2 Å². The summed E-state index contributed by atoms with van der Waals surface area (Å²) in [7, 11) is 1.52. The van der Waals surface area contributed by atoms with Gasteiger partial charge in [0.15, 0.2) is 11.5 Å². The third kappa shape index (κ3) is 6.19. The van der Waals surface area contributed by atoms with Crippen LogP contribution in [0.3, 0.4) is 0 Å². The number of hydrogen-bond donors (Lipinski definition) is 1. The van der Waals surface area contributed by atoms with E-state index in [1.165, 1.54) is 13.5 Å². The molecule has 4 atom stereocenters. The molecular weight excluding hydrogens is 448 g/mol. The molecule has 0 saturated heterocycles. The first-order chi connectivity index (χ1) is 17.5. The molecule has 190 valence electrons. The molecule has 1 fully saturated rings. The second kappa shape index (κ2) is 12.3. The lowest BCUT2D eigenvalue weighted by molar-refractivity contribution is -0.130. The van der Waals surface area contributed by atoms with Crippen molar-refractivity contribution in [3.63, 3.8) is 0 Å². The molecule has 0 amide bonds. The van der Waals surface area contributed by atoms with Crippen LogP contribution in [0.1, 0.15) is 87.3 Å². The number of benzene rings is 2. The Balaban J connectivity index is 1.81. The van der Waals surface area contributed by atoms with Gasteiger partial charge in [0, 0.05) is 18.3 Å². The average Bonchev–Trinajstić information content (AvgIpc) is 3.09. The van der Waals surface area contributed by atoms with Gasteiger partial charge in [-0.05, 0) is 54.0 Å². The first-order valence-corrected chi connectivity index (χ1v) is 13.5. The molecule has 0 spiro atoms. The van der Waals surface area contributed by atoms with Gasteiger partial charge in [0.25, 0.3) is 0 Å². The van der Waals surface area contributed by atoms with Crippen LogP contribution >= 0.6 is 0 Å². The van der Waals surface area contributed by atoms with Crippen molar-refractivity contribution in [1.29, 1.82) is 0 Å². The number of hydrogen-bond acceptors (Lipinski definition) is 4. The van der Waals surface area contributed by atoms with Gasteiger partial charge < -0.3 is 9.84 Å². The second-order valence-corrected chi connectivity index (χ2v) is 10.4. The van der Waals surface area contributed by atoms with Crippen molar-refractivity contribution in [3.8, 4) is 23.3 Å². The summed E-state index contributed by atoms with van der Waals surface area (Å²) in [5.74, 6) is 7.65. The number of carbonyl (C=O) groups is 2. The number of fused-ring (bicyclic) bond motifs is 2. The van der Waals surface area contributed by atoms with E-state index in [9.17, 15) is 14.7 Å². The molecule has 0 unspecified atom stereocenters. The van der Waals surface area contributed by atoms with Crippen molar-refractivity contribution in [2.45, 2.75) is 77.0 Å². The van der Waals surface area contributed by atoms with Crippen LogP contribution in [0.15, 0.2) is 42.5 Å². The Hall–Kier alpha value is -3.06. The Morgan fingerprint density at radius 1 is 1.06 bits per heavy atom. The Morgan fingerprint density at radius 3 is 2.61 bits per heavy atom. The van der Waals surface area contributed by atoms with E-state index in [1.807, 2.05) is 24.3 Å². The third-order valence-corrected chi connectivity index (χ3v) is 7.92. The van der Waals surface area contributed by atoms with Gasteiger partial charge in [0.05, 0.1) is 19.4 Å². The minimum absolute atomic E-state index is 0.00396. The number of ketones is 2. The highest BCUT2D eigenvalue weighted by atomic mass is 16.5. The summed E-state index contributed by atoms with van der Waals surface area (Å²) >= 11 is 0. The van der Waals surface area contributed by atoms with Gasteiger partial charge in [-0.25, -0.2) is 0 Å². The zero-order valence-corrected chi connectivity index (χ0v) is 21.6. The van der Waals surface area contributed by atoms with Crippen LogP contribution in [0.5, 0.6) is 11.5 Å². The van der Waals surface area contributed by atoms with Crippen molar-refractivity contribution in [1.82, 2.24) is 0 Å². The molecule has 4 heteroatoms. The number of aryl methyl sites for hydroxylation is 1. The first kappa shape index (κ1) is 26.0. The Morgan fingerprint density at radius 2 is 1.86 bits per heavy atom. The fourth-order valence-electron chi connectivity index (χ4n) is 5.89. The summed E-state index contributed by atoms with van der Waals surface area (Å²) in [6, 6.07) is 13.6.